The molecule has 1 N–H and O–H groups in total. The molecule has 0 aliphatic carbocycles. The lowest BCUT2D eigenvalue weighted by molar-refractivity contribution is 0.307. The van der Waals surface area contributed by atoms with Crippen LogP contribution in [0.25, 0.3) is 5.69 Å². The summed E-state index contributed by atoms with van der Waals surface area (Å²) in [6.45, 7) is 0.562. The van der Waals surface area contributed by atoms with E-state index in [1.165, 1.54) is 0 Å². The van der Waals surface area contributed by atoms with Gasteiger partial charge in [0.2, 0.25) is 0 Å². The molecule has 0 aliphatic heterocycles. The summed E-state index contributed by atoms with van der Waals surface area (Å²) in [6.07, 6.45) is 6.37. The lowest BCUT2D eigenvalue weighted by Crippen LogP contribution is -1.93. The Balaban J connectivity index is 2.01. The minimum absolute atomic E-state index is 0.0970. The first-order valence-corrected chi connectivity index (χ1v) is 5.58. The van der Waals surface area contributed by atoms with Gasteiger partial charge in [0.15, 0.2) is 0 Å². The maximum Gasteiger partial charge on any atom is 0.0645 e. The van der Waals surface area contributed by atoms with E-state index >= 15 is 0 Å². The van der Waals surface area contributed by atoms with Crippen LogP contribution in [0.5, 0.6) is 0 Å². The SMILES string of the molecule is OCCN=CCc1cnn(-c2ccccc2)c1. The van der Waals surface area contributed by atoms with Crippen molar-refractivity contribution in [2.24, 2.45) is 4.99 Å². The second kappa shape index (κ2) is 5.96. The van der Waals surface area contributed by atoms with Crippen LogP contribution in [0.3, 0.4) is 0 Å². The normalized spacial score (nSPS) is 11.1. The molecule has 0 bridgehead atoms. The first-order chi connectivity index (χ1) is 8.40. The third-order valence-electron chi connectivity index (χ3n) is 2.34. The van der Waals surface area contributed by atoms with E-state index in [4.69, 9.17) is 5.11 Å². The highest BCUT2D eigenvalue weighted by Crippen LogP contribution is 2.07. The molecule has 0 aliphatic rings. The first-order valence-electron chi connectivity index (χ1n) is 5.58. The molecule has 0 spiro atoms. The quantitative estimate of drug-likeness (QED) is 0.789. The maximum absolute atomic E-state index is 8.59. The zero-order chi connectivity index (χ0) is 11.9. The van der Waals surface area contributed by atoms with Gasteiger partial charge in [-0.15, -0.1) is 0 Å². The Labute approximate surface area is 100 Å². The van der Waals surface area contributed by atoms with Crippen LogP contribution in [0, 0.1) is 0 Å². The van der Waals surface area contributed by atoms with Gasteiger partial charge >= 0.3 is 0 Å². The number of rotatable bonds is 5. The highest BCUT2D eigenvalue weighted by molar-refractivity contribution is 5.61. The van der Waals surface area contributed by atoms with Gasteiger partial charge in [0.1, 0.15) is 0 Å². The second-order valence-corrected chi connectivity index (χ2v) is 3.65. The van der Waals surface area contributed by atoms with E-state index in [1.807, 2.05) is 53.6 Å². The number of hydrogen-bond donors (Lipinski definition) is 1. The number of aliphatic hydroxyl groups is 1. The average Bonchev–Trinajstić information content (AvgIpc) is 2.85. The summed E-state index contributed by atoms with van der Waals surface area (Å²) in [4.78, 5) is 4.06. The van der Waals surface area contributed by atoms with Crippen LogP contribution < -0.4 is 0 Å². The van der Waals surface area contributed by atoms with Crippen LogP contribution in [0.15, 0.2) is 47.7 Å². The Bertz CT molecular complexity index is 476. The molecule has 0 radical (unpaired) electrons. The highest BCUT2D eigenvalue weighted by Gasteiger charge is 1.98. The number of aliphatic imine (C=N–C) groups is 1. The molecular weight excluding hydrogens is 214 g/mol. The van der Waals surface area contributed by atoms with Crippen molar-refractivity contribution < 1.29 is 5.11 Å². The van der Waals surface area contributed by atoms with E-state index in [9.17, 15) is 0 Å². The van der Waals surface area contributed by atoms with Gasteiger partial charge in [0.25, 0.3) is 0 Å². The van der Waals surface area contributed by atoms with Gasteiger partial charge in [-0.05, 0) is 17.7 Å². The largest absolute Gasteiger partial charge is 0.394 e. The minimum Gasteiger partial charge on any atom is -0.394 e. The Morgan fingerprint density at radius 1 is 1.29 bits per heavy atom. The molecule has 0 amide bonds. The Morgan fingerprint density at radius 2 is 2.12 bits per heavy atom. The van der Waals surface area contributed by atoms with Gasteiger partial charge in [0.05, 0.1) is 25.0 Å². The Hall–Kier alpha value is -1.94. The Morgan fingerprint density at radius 3 is 2.88 bits per heavy atom. The van der Waals surface area contributed by atoms with Crippen LogP contribution >= 0.6 is 0 Å². The van der Waals surface area contributed by atoms with Crippen molar-refractivity contribution in [3.63, 3.8) is 0 Å². The van der Waals surface area contributed by atoms with Crippen LogP contribution in [-0.4, -0.2) is 34.3 Å². The number of benzene rings is 1. The fourth-order valence-corrected chi connectivity index (χ4v) is 1.51. The molecular formula is C13H15N3O. The van der Waals surface area contributed by atoms with E-state index in [-0.39, 0.29) is 6.61 Å². The molecule has 17 heavy (non-hydrogen) atoms. The van der Waals surface area contributed by atoms with Crippen LogP contribution in [0.4, 0.5) is 0 Å². The fraction of sp³-hybridized carbons (Fsp3) is 0.231. The lowest BCUT2D eigenvalue weighted by atomic mass is 10.3. The molecule has 1 aromatic heterocycles. The molecule has 2 aromatic rings. The van der Waals surface area contributed by atoms with Gasteiger partial charge in [-0.1, -0.05) is 18.2 Å². The summed E-state index contributed by atoms with van der Waals surface area (Å²) in [6, 6.07) is 9.97. The van der Waals surface area contributed by atoms with Crippen LogP contribution in [0.1, 0.15) is 5.56 Å². The van der Waals surface area contributed by atoms with Crippen LogP contribution in [-0.2, 0) is 6.42 Å². The minimum atomic E-state index is 0.0970. The fourth-order valence-electron chi connectivity index (χ4n) is 1.51. The van der Waals surface area contributed by atoms with E-state index in [2.05, 4.69) is 10.1 Å². The number of hydrogen-bond acceptors (Lipinski definition) is 3. The topological polar surface area (TPSA) is 50.4 Å². The summed E-state index contributed by atoms with van der Waals surface area (Å²) in [5.74, 6) is 0. The average molecular weight is 229 g/mol. The van der Waals surface area contributed by atoms with E-state index in [1.54, 1.807) is 0 Å². The summed E-state index contributed by atoms with van der Waals surface area (Å²) in [7, 11) is 0. The number of aromatic nitrogens is 2. The standard InChI is InChI=1S/C13H15N3O/c17-9-8-14-7-6-12-10-15-16(11-12)13-4-2-1-3-5-13/h1-5,7,10-11,17H,6,8-9H2. The predicted molar refractivity (Wildman–Crippen MR) is 67.7 cm³/mol. The molecule has 0 atom stereocenters. The molecule has 1 aromatic carbocycles. The zero-order valence-electron chi connectivity index (χ0n) is 9.53. The third kappa shape index (κ3) is 3.26. The van der Waals surface area contributed by atoms with Crippen molar-refractivity contribution in [3.05, 3.63) is 48.3 Å². The molecule has 0 fully saturated rings. The van der Waals surface area contributed by atoms with Gasteiger partial charge < -0.3 is 5.11 Å². The highest BCUT2D eigenvalue weighted by atomic mass is 16.3. The van der Waals surface area contributed by atoms with Crippen LogP contribution in [0.2, 0.25) is 0 Å². The summed E-state index contributed by atoms with van der Waals surface area (Å²) < 4.78 is 1.84. The number of aliphatic hydroxyl groups excluding tert-OH is 1. The van der Waals surface area contributed by atoms with Gasteiger partial charge in [-0.2, -0.15) is 5.10 Å². The molecule has 0 unspecified atom stereocenters. The zero-order valence-corrected chi connectivity index (χ0v) is 9.53. The number of nitrogens with zero attached hydrogens (tertiary/aromatic N) is 3. The molecule has 1 heterocycles. The third-order valence-corrected chi connectivity index (χ3v) is 2.34. The van der Waals surface area contributed by atoms with Gasteiger partial charge in [0, 0.05) is 18.8 Å². The molecule has 4 heteroatoms. The summed E-state index contributed by atoms with van der Waals surface area (Å²) in [5.41, 5.74) is 2.15. The lowest BCUT2D eigenvalue weighted by Gasteiger charge is -1.98. The molecule has 0 saturated carbocycles. The summed E-state index contributed by atoms with van der Waals surface area (Å²) >= 11 is 0. The predicted octanol–water partition coefficient (Wildman–Crippen LogP) is 1.48. The van der Waals surface area contributed by atoms with Crippen molar-refractivity contribution in [2.45, 2.75) is 6.42 Å². The molecule has 88 valence electrons. The van der Waals surface area contributed by atoms with Crippen molar-refractivity contribution in [3.8, 4) is 5.69 Å². The van der Waals surface area contributed by atoms with Gasteiger partial charge in [-0.3, -0.25) is 4.99 Å². The molecule has 4 nitrogen and oxygen atoms in total. The van der Waals surface area contributed by atoms with Crippen molar-refractivity contribution in [1.82, 2.24) is 9.78 Å². The van der Waals surface area contributed by atoms with Crippen molar-refractivity contribution in [2.75, 3.05) is 13.2 Å². The van der Waals surface area contributed by atoms with Gasteiger partial charge in [-0.25, -0.2) is 4.68 Å². The van der Waals surface area contributed by atoms with Crippen molar-refractivity contribution >= 4 is 6.21 Å². The summed E-state index contributed by atoms with van der Waals surface area (Å²) in [5, 5.41) is 12.9. The van der Waals surface area contributed by atoms with E-state index < -0.39 is 0 Å². The monoisotopic (exact) mass is 229 g/mol. The van der Waals surface area contributed by atoms with E-state index in [0.717, 1.165) is 17.7 Å². The Kier molecular flexibility index (Phi) is 4.05. The number of para-hydroxylation sites is 1. The maximum atomic E-state index is 8.59. The second-order valence-electron chi connectivity index (χ2n) is 3.65. The smallest absolute Gasteiger partial charge is 0.0645 e. The van der Waals surface area contributed by atoms with Crippen molar-refractivity contribution in [1.29, 1.82) is 0 Å². The molecule has 0 saturated heterocycles. The molecule has 2 rings (SSSR count). The first kappa shape index (κ1) is 11.5. The van der Waals surface area contributed by atoms with E-state index in [0.29, 0.717) is 6.54 Å².